The van der Waals surface area contributed by atoms with E-state index < -0.39 is 0 Å². The van der Waals surface area contributed by atoms with Gasteiger partial charge in [-0.25, -0.2) is 0 Å². The number of amides is 1. The Bertz CT molecular complexity index is 639. The van der Waals surface area contributed by atoms with Crippen LogP contribution in [0.15, 0.2) is 61.2 Å². The van der Waals surface area contributed by atoms with Crippen LogP contribution in [0.4, 0.5) is 5.69 Å². The maximum atomic E-state index is 11.7. The number of rotatable bonds is 8. The van der Waals surface area contributed by atoms with Gasteiger partial charge in [0, 0.05) is 17.3 Å². The zero-order valence-electron chi connectivity index (χ0n) is 12.7. The van der Waals surface area contributed by atoms with E-state index in [0.29, 0.717) is 18.2 Å². The molecule has 5 heteroatoms. The van der Waals surface area contributed by atoms with E-state index in [0.717, 1.165) is 17.0 Å². The van der Waals surface area contributed by atoms with Gasteiger partial charge in [-0.05, 0) is 42.0 Å². The first-order valence-corrected chi connectivity index (χ1v) is 7.64. The highest BCUT2D eigenvalue weighted by Crippen LogP contribution is 2.17. The standard InChI is InChI=1S/C18H19ClN2O2/c1-2-11-20-12-18(22)21-16-7-9-17(10-8-16)23-13-14-3-5-15(19)6-4-14/h2-10,20H,1,11-13H2,(H,21,22). The van der Waals surface area contributed by atoms with Gasteiger partial charge in [-0.2, -0.15) is 0 Å². The number of halogens is 1. The lowest BCUT2D eigenvalue weighted by atomic mass is 10.2. The van der Waals surface area contributed by atoms with Crippen molar-refractivity contribution in [2.75, 3.05) is 18.4 Å². The largest absolute Gasteiger partial charge is 0.489 e. The second kappa shape index (κ2) is 8.98. The Kier molecular flexibility index (Phi) is 6.66. The summed E-state index contributed by atoms with van der Waals surface area (Å²) in [5.41, 5.74) is 1.77. The summed E-state index contributed by atoms with van der Waals surface area (Å²) in [6.45, 7) is 4.90. The lowest BCUT2D eigenvalue weighted by Gasteiger charge is -2.09. The van der Waals surface area contributed by atoms with Gasteiger partial charge >= 0.3 is 0 Å². The molecule has 0 atom stereocenters. The zero-order valence-corrected chi connectivity index (χ0v) is 13.5. The normalized spacial score (nSPS) is 10.1. The summed E-state index contributed by atoms with van der Waals surface area (Å²) in [6.07, 6.45) is 1.71. The molecule has 0 aliphatic carbocycles. The molecule has 0 heterocycles. The summed E-state index contributed by atoms with van der Waals surface area (Å²) < 4.78 is 5.69. The Balaban J connectivity index is 1.80. The van der Waals surface area contributed by atoms with Gasteiger partial charge in [-0.1, -0.05) is 29.8 Å². The molecule has 1 amide bonds. The highest BCUT2D eigenvalue weighted by molar-refractivity contribution is 6.30. The molecular weight excluding hydrogens is 312 g/mol. The summed E-state index contributed by atoms with van der Waals surface area (Å²) >= 11 is 5.84. The van der Waals surface area contributed by atoms with E-state index in [-0.39, 0.29) is 12.5 Å². The van der Waals surface area contributed by atoms with Crippen LogP contribution in [0, 0.1) is 0 Å². The molecule has 0 spiro atoms. The molecule has 0 radical (unpaired) electrons. The summed E-state index contributed by atoms with van der Waals surface area (Å²) in [7, 11) is 0. The fraction of sp³-hybridized carbons (Fsp3) is 0.167. The molecule has 2 N–H and O–H groups in total. The SMILES string of the molecule is C=CCNCC(=O)Nc1ccc(OCc2ccc(Cl)cc2)cc1. The molecule has 0 aliphatic heterocycles. The molecule has 0 aliphatic rings. The topological polar surface area (TPSA) is 50.4 Å². The van der Waals surface area contributed by atoms with E-state index in [1.807, 2.05) is 48.5 Å². The molecule has 0 saturated carbocycles. The smallest absolute Gasteiger partial charge is 0.238 e. The molecule has 2 aromatic rings. The van der Waals surface area contributed by atoms with Gasteiger partial charge in [-0.3, -0.25) is 4.79 Å². The van der Waals surface area contributed by atoms with E-state index in [9.17, 15) is 4.79 Å². The van der Waals surface area contributed by atoms with Gasteiger partial charge in [0.2, 0.25) is 5.91 Å². The van der Waals surface area contributed by atoms with Gasteiger partial charge in [0.25, 0.3) is 0 Å². The summed E-state index contributed by atoms with van der Waals surface area (Å²) in [4.78, 5) is 11.7. The number of anilines is 1. The van der Waals surface area contributed by atoms with Crippen LogP contribution >= 0.6 is 11.6 Å². The van der Waals surface area contributed by atoms with Crippen LogP contribution in [-0.4, -0.2) is 19.0 Å². The minimum atomic E-state index is -0.0957. The van der Waals surface area contributed by atoms with Crippen molar-refractivity contribution in [3.63, 3.8) is 0 Å². The minimum absolute atomic E-state index is 0.0957. The van der Waals surface area contributed by atoms with Gasteiger partial charge in [0.1, 0.15) is 12.4 Å². The van der Waals surface area contributed by atoms with Gasteiger partial charge in [0.05, 0.1) is 6.54 Å². The van der Waals surface area contributed by atoms with Crippen molar-refractivity contribution in [1.29, 1.82) is 0 Å². The highest BCUT2D eigenvalue weighted by Gasteiger charge is 2.02. The maximum Gasteiger partial charge on any atom is 0.238 e. The molecule has 120 valence electrons. The number of nitrogens with one attached hydrogen (secondary N) is 2. The lowest BCUT2D eigenvalue weighted by Crippen LogP contribution is -2.27. The molecule has 0 aromatic heterocycles. The fourth-order valence-corrected chi connectivity index (χ4v) is 2.00. The Labute approximate surface area is 141 Å². The quantitative estimate of drug-likeness (QED) is 0.574. The van der Waals surface area contributed by atoms with Crippen molar-refractivity contribution in [1.82, 2.24) is 5.32 Å². The third-order valence-corrected chi connectivity index (χ3v) is 3.28. The van der Waals surface area contributed by atoms with E-state index in [1.165, 1.54) is 0 Å². The third kappa shape index (κ3) is 6.14. The Hall–Kier alpha value is -2.30. The molecule has 0 bridgehead atoms. The predicted octanol–water partition coefficient (Wildman–Crippen LogP) is 3.63. The Morgan fingerprint density at radius 2 is 1.83 bits per heavy atom. The Morgan fingerprint density at radius 1 is 1.13 bits per heavy atom. The van der Waals surface area contributed by atoms with Crippen LogP contribution in [0.25, 0.3) is 0 Å². The molecule has 23 heavy (non-hydrogen) atoms. The summed E-state index contributed by atoms with van der Waals surface area (Å²) in [5, 5.41) is 6.45. The monoisotopic (exact) mass is 330 g/mol. The number of hydrogen-bond acceptors (Lipinski definition) is 3. The first-order valence-electron chi connectivity index (χ1n) is 7.26. The lowest BCUT2D eigenvalue weighted by molar-refractivity contribution is -0.115. The van der Waals surface area contributed by atoms with Gasteiger partial charge < -0.3 is 15.4 Å². The van der Waals surface area contributed by atoms with E-state index >= 15 is 0 Å². The zero-order chi connectivity index (χ0) is 16.5. The third-order valence-electron chi connectivity index (χ3n) is 3.03. The molecule has 0 unspecified atom stereocenters. The second-order valence-electron chi connectivity index (χ2n) is 4.91. The maximum absolute atomic E-state index is 11.7. The fourth-order valence-electron chi connectivity index (χ4n) is 1.87. The van der Waals surface area contributed by atoms with Crippen LogP contribution < -0.4 is 15.4 Å². The van der Waals surface area contributed by atoms with Crippen LogP contribution in [0.5, 0.6) is 5.75 Å². The van der Waals surface area contributed by atoms with Crippen molar-refractivity contribution in [3.8, 4) is 5.75 Å². The Morgan fingerprint density at radius 3 is 2.48 bits per heavy atom. The van der Waals surface area contributed by atoms with Crippen LogP contribution in [0.1, 0.15) is 5.56 Å². The average Bonchev–Trinajstić information content (AvgIpc) is 2.56. The summed E-state index contributed by atoms with van der Waals surface area (Å²) in [5.74, 6) is 0.643. The minimum Gasteiger partial charge on any atom is -0.489 e. The van der Waals surface area contributed by atoms with E-state index in [1.54, 1.807) is 6.08 Å². The molecular formula is C18H19ClN2O2. The first kappa shape index (κ1) is 17.1. The molecule has 2 aromatic carbocycles. The average molecular weight is 331 g/mol. The van der Waals surface area contributed by atoms with Gasteiger partial charge in [0.15, 0.2) is 0 Å². The number of benzene rings is 2. The van der Waals surface area contributed by atoms with Crippen LogP contribution in [0.2, 0.25) is 5.02 Å². The number of ether oxygens (including phenoxy) is 1. The van der Waals surface area contributed by atoms with Crippen LogP contribution in [0.3, 0.4) is 0 Å². The van der Waals surface area contributed by atoms with Gasteiger partial charge in [-0.15, -0.1) is 6.58 Å². The first-order chi connectivity index (χ1) is 11.2. The molecule has 2 rings (SSSR count). The second-order valence-corrected chi connectivity index (χ2v) is 5.34. The van der Waals surface area contributed by atoms with E-state index in [4.69, 9.17) is 16.3 Å². The van der Waals surface area contributed by atoms with Crippen molar-refractivity contribution in [3.05, 3.63) is 71.8 Å². The van der Waals surface area contributed by atoms with E-state index in [2.05, 4.69) is 17.2 Å². The predicted molar refractivity (Wildman–Crippen MR) is 93.9 cm³/mol. The number of carbonyl (C=O) groups excluding carboxylic acids is 1. The summed E-state index contributed by atoms with van der Waals surface area (Å²) in [6, 6.07) is 14.8. The van der Waals surface area contributed by atoms with Crippen molar-refractivity contribution >= 4 is 23.2 Å². The molecule has 0 fully saturated rings. The molecule has 0 saturated heterocycles. The van der Waals surface area contributed by atoms with Crippen molar-refractivity contribution in [2.24, 2.45) is 0 Å². The highest BCUT2D eigenvalue weighted by atomic mass is 35.5. The van der Waals surface area contributed by atoms with Crippen LogP contribution in [-0.2, 0) is 11.4 Å². The number of carbonyl (C=O) groups is 1. The van der Waals surface area contributed by atoms with Crippen molar-refractivity contribution < 1.29 is 9.53 Å². The number of hydrogen-bond donors (Lipinski definition) is 2. The van der Waals surface area contributed by atoms with Crippen molar-refractivity contribution in [2.45, 2.75) is 6.61 Å². The molecule has 4 nitrogen and oxygen atoms in total.